The van der Waals surface area contributed by atoms with Gasteiger partial charge in [0.25, 0.3) is 5.92 Å². The van der Waals surface area contributed by atoms with Crippen LogP contribution in [0.2, 0.25) is 0 Å². The number of hydrogen-bond donors (Lipinski definition) is 1. The van der Waals surface area contributed by atoms with Crippen LogP contribution >= 0.6 is 0 Å². The van der Waals surface area contributed by atoms with Crippen LogP contribution in [0.4, 0.5) is 8.78 Å². The quantitative estimate of drug-likeness (QED) is 0.728. The van der Waals surface area contributed by atoms with Crippen molar-refractivity contribution in [3.63, 3.8) is 0 Å². The Morgan fingerprint density at radius 1 is 1.35 bits per heavy atom. The molecule has 1 heterocycles. The highest BCUT2D eigenvalue weighted by Crippen LogP contribution is 2.38. The molecule has 1 N–H and O–H groups in total. The minimum atomic E-state index is -3.79. The summed E-state index contributed by atoms with van der Waals surface area (Å²) in [6.45, 7) is 4.71. The second-order valence-corrected chi connectivity index (χ2v) is 8.58. The van der Waals surface area contributed by atoms with Gasteiger partial charge in [0.2, 0.25) is 10.0 Å². The van der Waals surface area contributed by atoms with Crippen molar-refractivity contribution in [3.8, 4) is 6.07 Å². The molecule has 0 aliphatic carbocycles. The highest BCUT2D eigenvalue weighted by molar-refractivity contribution is 7.89. The van der Waals surface area contributed by atoms with Crippen LogP contribution in [0.15, 0.2) is 0 Å². The first-order valence-corrected chi connectivity index (χ1v) is 9.52. The highest BCUT2D eigenvalue weighted by Gasteiger charge is 2.45. The Bertz CT molecular complexity index is 523. The molecule has 8 heteroatoms. The maximum absolute atomic E-state index is 13.8. The molecular weight excluding hydrogens is 326 g/mol. The number of rotatable bonds is 8. The molecule has 1 aliphatic heterocycles. The van der Waals surface area contributed by atoms with Crippen LogP contribution in [0.3, 0.4) is 0 Å². The van der Waals surface area contributed by atoms with Crippen molar-refractivity contribution >= 4 is 10.0 Å². The number of ether oxygens (including phenoxy) is 1. The monoisotopic (exact) mass is 352 g/mol. The van der Waals surface area contributed by atoms with Gasteiger partial charge in [-0.3, -0.25) is 0 Å². The molecule has 0 radical (unpaired) electrons. The van der Waals surface area contributed by atoms with Crippen molar-refractivity contribution in [2.24, 2.45) is 17.3 Å². The molecule has 1 rings (SSSR count). The van der Waals surface area contributed by atoms with E-state index in [9.17, 15) is 22.5 Å². The summed E-state index contributed by atoms with van der Waals surface area (Å²) in [6.07, 6.45) is 0.935. The molecule has 23 heavy (non-hydrogen) atoms. The summed E-state index contributed by atoms with van der Waals surface area (Å²) in [4.78, 5) is 0. The van der Waals surface area contributed by atoms with Gasteiger partial charge in [0.15, 0.2) is 0 Å². The lowest BCUT2D eigenvalue weighted by Crippen LogP contribution is -2.46. The van der Waals surface area contributed by atoms with Gasteiger partial charge in [0, 0.05) is 31.6 Å². The Hall–Kier alpha value is -0.780. The van der Waals surface area contributed by atoms with E-state index < -0.39 is 27.3 Å². The molecule has 0 amide bonds. The zero-order valence-corrected chi connectivity index (χ0v) is 14.8. The van der Waals surface area contributed by atoms with Crippen LogP contribution < -0.4 is 4.72 Å². The van der Waals surface area contributed by atoms with E-state index in [1.54, 1.807) is 0 Å². The fourth-order valence-corrected chi connectivity index (χ4v) is 4.11. The number of alkyl halides is 2. The van der Waals surface area contributed by atoms with Crippen LogP contribution in [0.5, 0.6) is 0 Å². The first-order valence-electron chi connectivity index (χ1n) is 7.87. The predicted molar refractivity (Wildman–Crippen MR) is 83.5 cm³/mol. The molecule has 0 spiro atoms. The Balaban J connectivity index is 2.66. The highest BCUT2D eigenvalue weighted by atomic mass is 32.2. The molecule has 1 aliphatic rings. The van der Waals surface area contributed by atoms with Gasteiger partial charge in [-0.2, -0.15) is 5.26 Å². The minimum Gasteiger partial charge on any atom is -0.381 e. The summed E-state index contributed by atoms with van der Waals surface area (Å²) in [5.41, 5.74) is -1.49. The van der Waals surface area contributed by atoms with E-state index in [4.69, 9.17) is 4.74 Å². The maximum Gasteiger partial charge on any atom is 0.254 e. The zero-order chi connectivity index (χ0) is 17.7. The number of halogens is 2. The number of sulfonamides is 1. The Labute approximate surface area is 137 Å². The lowest BCUT2D eigenvalue weighted by molar-refractivity contribution is -0.104. The van der Waals surface area contributed by atoms with Crippen LogP contribution in [0.25, 0.3) is 0 Å². The summed E-state index contributed by atoms with van der Waals surface area (Å²) in [6, 6.07) is 2.04. The van der Waals surface area contributed by atoms with Gasteiger partial charge in [0.05, 0.1) is 17.7 Å². The molecule has 0 aromatic heterocycles. The van der Waals surface area contributed by atoms with Crippen LogP contribution in [0.1, 0.15) is 40.0 Å². The first kappa shape index (κ1) is 20.3. The standard InChI is InChI=1S/C15H26F2N2O3S/c1-4-15(16,17)14(2,3)11-19-23(20,21)10-13(9-18)12-5-7-22-8-6-12/h12-13,19H,4-8,10-11H2,1-3H3. The Morgan fingerprint density at radius 3 is 2.39 bits per heavy atom. The van der Waals surface area contributed by atoms with Crippen molar-refractivity contribution < 1.29 is 21.9 Å². The Morgan fingerprint density at radius 2 is 1.91 bits per heavy atom. The molecule has 1 fully saturated rings. The van der Waals surface area contributed by atoms with Crippen molar-refractivity contribution in [3.05, 3.63) is 0 Å². The molecule has 0 aromatic carbocycles. The Kier molecular flexibility index (Phi) is 6.93. The van der Waals surface area contributed by atoms with E-state index in [1.807, 2.05) is 6.07 Å². The van der Waals surface area contributed by atoms with E-state index in [0.29, 0.717) is 26.1 Å². The summed E-state index contributed by atoms with van der Waals surface area (Å²) in [7, 11) is -3.79. The minimum absolute atomic E-state index is 0.0320. The average molecular weight is 352 g/mol. The lowest BCUT2D eigenvalue weighted by Gasteiger charge is -2.33. The second kappa shape index (κ2) is 7.86. The van der Waals surface area contributed by atoms with E-state index in [0.717, 1.165) is 0 Å². The van der Waals surface area contributed by atoms with Gasteiger partial charge in [-0.1, -0.05) is 20.8 Å². The molecule has 0 aromatic rings. The summed E-state index contributed by atoms with van der Waals surface area (Å²) < 4.78 is 59.4. The molecule has 1 unspecified atom stereocenters. The van der Waals surface area contributed by atoms with Crippen molar-refractivity contribution in [2.45, 2.75) is 46.0 Å². The largest absolute Gasteiger partial charge is 0.381 e. The van der Waals surface area contributed by atoms with Gasteiger partial charge >= 0.3 is 0 Å². The molecule has 0 bridgehead atoms. The molecule has 1 saturated heterocycles. The molecule has 5 nitrogen and oxygen atoms in total. The second-order valence-electron chi connectivity index (χ2n) is 6.73. The molecular formula is C15H26F2N2O3S. The SMILES string of the molecule is CCC(F)(F)C(C)(C)CNS(=O)(=O)CC(C#N)C1CCOCC1. The van der Waals surface area contributed by atoms with Gasteiger partial charge in [-0.05, 0) is 18.8 Å². The van der Waals surface area contributed by atoms with E-state index in [1.165, 1.54) is 20.8 Å². The summed E-state index contributed by atoms with van der Waals surface area (Å²) in [5.74, 6) is -4.01. The average Bonchev–Trinajstić information content (AvgIpc) is 2.51. The third-order valence-electron chi connectivity index (χ3n) is 4.57. The van der Waals surface area contributed by atoms with Crippen LogP contribution in [0, 0.1) is 28.6 Å². The molecule has 1 atom stereocenters. The van der Waals surface area contributed by atoms with Crippen molar-refractivity contribution in [1.82, 2.24) is 4.72 Å². The number of nitrogens with zero attached hydrogens (tertiary/aromatic N) is 1. The fraction of sp³-hybridized carbons (Fsp3) is 0.933. The fourth-order valence-electron chi connectivity index (χ4n) is 2.59. The lowest BCUT2D eigenvalue weighted by atomic mass is 9.84. The number of hydrogen-bond acceptors (Lipinski definition) is 4. The smallest absolute Gasteiger partial charge is 0.254 e. The van der Waals surface area contributed by atoms with E-state index in [-0.39, 0.29) is 24.6 Å². The van der Waals surface area contributed by atoms with Crippen LogP contribution in [-0.4, -0.2) is 39.9 Å². The van der Waals surface area contributed by atoms with Gasteiger partial charge < -0.3 is 4.74 Å². The zero-order valence-electron chi connectivity index (χ0n) is 13.9. The van der Waals surface area contributed by atoms with Crippen molar-refractivity contribution in [1.29, 1.82) is 5.26 Å². The number of nitrogens with one attached hydrogen (secondary N) is 1. The van der Waals surface area contributed by atoms with Crippen LogP contribution in [-0.2, 0) is 14.8 Å². The summed E-state index contributed by atoms with van der Waals surface area (Å²) >= 11 is 0. The topological polar surface area (TPSA) is 79.2 Å². The number of nitriles is 1. The normalized spacial score (nSPS) is 19.3. The third-order valence-corrected chi connectivity index (χ3v) is 5.95. The predicted octanol–water partition coefficient (Wildman–Crippen LogP) is 2.54. The molecule has 0 saturated carbocycles. The maximum atomic E-state index is 13.8. The first-order chi connectivity index (χ1) is 10.5. The van der Waals surface area contributed by atoms with E-state index >= 15 is 0 Å². The van der Waals surface area contributed by atoms with E-state index in [2.05, 4.69) is 4.72 Å². The van der Waals surface area contributed by atoms with Gasteiger partial charge in [-0.15, -0.1) is 0 Å². The molecule has 134 valence electrons. The van der Waals surface area contributed by atoms with Crippen molar-refractivity contribution in [2.75, 3.05) is 25.5 Å². The summed E-state index contributed by atoms with van der Waals surface area (Å²) in [5, 5.41) is 9.23. The van der Waals surface area contributed by atoms with Gasteiger partial charge in [0.1, 0.15) is 0 Å². The third kappa shape index (κ3) is 5.66. The van der Waals surface area contributed by atoms with Gasteiger partial charge in [-0.25, -0.2) is 21.9 Å².